The average molecular weight is 196 g/mol. The maximum Gasteiger partial charge on any atom is 0.179 e. The molecule has 0 aliphatic carbocycles. The summed E-state index contributed by atoms with van der Waals surface area (Å²) in [4.78, 5) is 11.8. The summed E-state index contributed by atoms with van der Waals surface area (Å²) in [6.45, 7) is 1.84. The zero-order valence-electron chi connectivity index (χ0n) is 7.58. The molecule has 1 unspecified atom stereocenters. The van der Waals surface area contributed by atoms with Crippen molar-refractivity contribution in [1.29, 1.82) is 0 Å². The summed E-state index contributed by atoms with van der Waals surface area (Å²) in [5.74, 6) is 2.11. The third-order valence-corrected chi connectivity index (χ3v) is 3.72. The second-order valence-corrected chi connectivity index (χ2v) is 4.57. The highest BCUT2D eigenvalue weighted by atomic mass is 32.2. The smallest absolute Gasteiger partial charge is 0.179 e. The van der Waals surface area contributed by atoms with Crippen molar-refractivity contribution in [2.75, 3.05) is 5.75 Å². The lowest BCUT2D eigenvalue weighted by atomic mass is 10.1. The van der Waals surface area contributed by atoms with Gasteiger partial charge in [-0.05, 0) is 31.6 Å². The van der Waals surface area contributed by atoms with Gasteiger partial charge in [0.2, 0.25) is 0 Å². The Labute approximate surface area is 81.7 Å². The first kappa shape index (κ1) is 8.88. The second-order valence-electron chi connectivity index (χ2n) is 3.26. The Balaban J connectivity index is 2.17. The van der Waals surface area contributed by atoms with Gasteiger partial charge in [-0.15, -0.1) is 0 Å². The van der Waals surface area contributed by atoms with Gasteiger partial charge in [-0.3, -0.25) is 4.79 Å². The van der Waals surface area contributed by atoms with Crippen molar-refractivity contribution in [3.63, 3.8) is 0 Å². The summed E-state index contributed by atoms with van der Waals surface area (Å²) in [5, 5.41) is 0.177. The lowest BCUT2D eigenvalue weighted by Gasteiger charge is -2.05. The maximum atomic E-state index is 11.8. The molecule has 2 rings (SSSR count). The summed E-state index contributed by atoms with van der Waals surface area (Å²) in [6.07, 6.45) is 3.77. The Bertz CT molecular complexity index is 310. The molecule has 0 amide bonds. The summed E-state index contributed by atoms with van der Waals surface area (Å²) in [6, 6.07) is 1.77. The number of carbonyl (C=O) groups excluding carboxylic acids is 1. The normalized spacial score (nSPS) is 22.1. The van der Waals surface area contributed by atoms with Gasteiger partial charge in [-0.1, -0.05) is 0 Å². The first-order valence-electron chi connectivity index (χ1n) is 4.49. The number of ketones is 1. The molecule has 2 nitrogen and oxygen atoms in total. The maximum absolute atomic E-state index is 11.8. The molecule has 1 fully saturated rings. The van der Waals surface area contributed by atoms with Crippen molar-refractivity contribution >= 4 is 17.5 Å². The monoisotopic (exact) mass is 196 g/mol. The van der Waals surface area contributed by atoms with E-state index in [0.29, 0.717) is 0 Å². The largest absolute Gasteiger partial charge is 0.469 e. The second kappa shape index (κ2) is 3.58. The molecule has 0 bridgehead atoms. The van der Waals surface area contributed by atoms with Crippen molar-refractivity contribution < 1.29 is 9.21 Å². The van der Waals surface area contributed by atoms with Gasteiger partial charge in [0.25, 0.3) is 0 Å². The van der Waals surface area contributed by atoms with Crippen molar-refractivity contribution in [3.8, 4) is 0 Å². The Kier molecular flexibility index (Phi) is 2.44. The van der Waals surface area contributed by atoms with E-state index in [1.165, 1.54) is 0 Å². The number of carbonyl (C=O) groups is 1. The molecule has 1 saturated heterocycles. The Morgan fingerprint density at radius 1 is 1.69 bits per heavy atom. The topological polar surface area (TPSA) is 30.2 Å². The number of rotatable bonds is 2. The van der Waals surface area contributed by atoms with E-state index < -0.39 is 0 Å². The Morgan fingerprint density at radius 3 is 3.08 bits per heavy atom. The third kappa shape index (κ3) is 1.66. The fourth-order valence-electron chi connectivity index (χ4n) is 1.60. The van der Waals surface area contributed by atoms with E-state index in [-0.39, 0.29) is 11.0 Å². The fraction of sp³-hybridized carbons (Fsp3) is 0.500. The predicted octanol–water partition coefficient (Wildman–Crippen LogP) is 2.67. The molecule has 1 aliphatic heterocycles. The van der Waals surface area contributed by atoms with Crippen LogP contribution in [0.3, 0.4) is 0 Å². The minimum atomic E-state index is 0.177. The first-order chi connectivity index (χ1) is 6.29. The van der Waals surface area contributed by atoms with Crippen molar-refractivity contribution in [2.24, 2.45) is 0 Å². The third-order valence-electron chi connectivity index (χ3n) is 2.35. The van der Waals surface area contributed by atoms with E-state index >= 15 is 0 Å². The molecule has 0 spiro atoms. The Hall–Kier alpha value is -0.700. The van der Waals surface area contributed by atoms with Crippen LogP contribution in [0, 0.1) is 6.92 Å². The van der Waals surface area contributed by atoms with E-state index in [2.05, 4.69) is 0 Å². The van der Waals surface area contributed by atoms with Crippen molar-refractivity contribution in [3.05, 3.63) is 23.7 Å². The Morgan fingerprint density at radius 2 is 2.54 bits per heavy atom. The number of hydrogen-bond donors (Lipinski definition) is 0. The van der Waals surface area contributed by atoms with Crippen LogP contribution in [0.4, 0.5) is 0 Å². The summed E-state index contributed by atoms with van der Waals surface area (Å²) >= 11 is 1.77. The summed E-state index contributed by atoms with van der Waals surface area (Å²) in [7, 11) is 0. The molecule has 3 heteroatoms. The molecule has 0 saturated carbocycles. The van der Waals surface area contributed by atoms with Crippen LogP contribution in [-0.4, -0.2) is 16.8 Å². The van der Waals surface area contributed by atoms with E-state index in [0.717, 1.165) is 29.9 Å². The highest BCUT2D eigenvalue weighted by molar-refractivity contribution is 8.00. The predicted molar refractivity (Wildman–Crippen MR) is 53.3 cm³/mol. The molecule has 1 aromatic heterocycles. The van der Waals surface area contributed by atoms with Gasteiger partial charge >= 0.3 is 0 Å². The lowest BCUT2D eigenvalue weighted by molar-refractivity contribution is 0.0987. The lowest BCUT2D eigenvalue weighted by Crippen LogP contribution is -2.14. The standard InChI is InChI=1S/C10H12O2S/c1-7-8(4-5-12-7)10(11)9-3-2-6-13-9/h4-5,9H,2-3,6H2,1H3. The number of aryl methyl sites for hydroxylation is 1. The van der Waals surface area contributed by atoms with Crippen LogP contribution < -0.4 is 0 Å². The van der Waals surface area contributed by atoms with Gasteiger partial charge in [0.15, 0.2) is 5.78 Å². The number of hydrogen-bond acceptors (Lipinski definition) is 3. The number of thioether (sulfide) groups is 1. The molecule has 1 aromatic rings. The zero-order chi connectivity index (χ0) is 9.26. The van der Waals surface area contributed by atoms with Crippen LogP contribution >= 0.6 is 11.8 Å². The van der Waals surface area contributed by atoms with Crippen LogP contribution in [0.5, 0.6) is 0 Å². The van der Waals surface area contributed by atoms with E-state index in [4.69, 9.17) is 4.42 Å². The molecule has 0 radical (unpaired) electrons. The fourth-order valence-corrected chi connectivity index (χ4v) is 2.83. The molecular formula is C10H12O2S. The van der Waals surface area contributed by atoms with Crippen LogP contribution in [-0.2, 0) is 0 Å². The summed E-state index contributed by atoms with van der Waals surface area (Å²) < 4.78 is 5.12. The van der Waals surface area contributed by atoms with Crippen molar-refractivity contribution in [1.82, 2.24) is 0 Å². The van der Waals surface area contributed by atoms with Gasteiger partial charge in [-0.25, -0.2) is 0 Å². The highest BCUT2D eigenvalue weighted by Crippen LogP contribution is 2.29. The quantitative estimate of drug-likeness (QED) is 0.681. The number of Topliss-reactive ketones (excluding diaryl/α,β-unsaturated/α-hetero) is 1. The van der Waals surface area contributed by atoms with Crippen LogP contribution in [0.15, 0.2) is 16.7 Å². The highest BCUT2D eigenvalue weighted by Gasteiger charge is 2.26. The van der Waals surface area contributed by atoms with Gasteiger partial charge < -0.3 is 4.42 Å². The summed E-state index contributed by atoms with van der Waals surface area (Å²) in [5.41, 5.74) is 0.763. The van der Waals surface area contributed by atoms with E-state index in [1.54, 1.807) is 24.1 Å². The number of furan rings is 1. The minimum absolute atomic E-state index is 0.177. The van der Waals surface area contributed by atoms with E-state index in [1.807, 2.05) is 6.92 Å². The molecule has 1 aliphatic rings. The van der Waals surface area contributed by atoms with Gasteiger partial charge in [0, 0.05) is 0 Å². The molecular weight excluding hydrogens is 184 g/mol. The molecule has 0 N–H and O–H groups in total. The van der Waals surface area contributed by atoms with Crippen molar-refractivity contribution in [2.45, 2.75) is 25.0 Å². The zero-order valence-corrected chi connectivity index (χ0v) is 8.39. The molecule has 2 heterocycles. The molecule has 70 valence electrons. The minimum Gasteiger partial charge on any atom is -0.469 e. The van der Waals surface area contributed by atoms with Crippen LogP contribution in [0.1, 0.15) is 29.0 Å². The van der Waals surface area contributed by atoms with Gasteiger partial charge in [-0.2, -0.15) is 11.8 Å². The SMILES string of the molecule is Cc1occc1C(=O)C1CCCS1. The van der Waals surface area contributed by atoms with Gasteiger partial charge in [0.1, 0.15) is 5.76 Å². The van der Waals surface area contributed by atoms with Gasteiger partial charge in [0.05, 0.1) is 17.1 Å². The first-order valence-corrected chi connectivity index (χ1v) is 5.54. The molecule has 1 atom stereocenters. The molecule has 13 heavy (non-hydrogen) atoms. The average Bonchev–Trinajstić information content (AvgIpc) is 2.72. The van der Waals surface area contributed by atoms with Crippen LogP contribution in [0.2, 0.25) is 0 Å². The molecule has 0 aromatic carbocycles. The van der Waals surface area contributed by atoms with E-state index in [9.17, 15) is 4.79 Å². The van der Waals surface area contributed by atoms with Crippen LogP contribution in [0.25, 0.3) is 0 Å².